The van der Waals surface area contributed by atoms with Gasteiger partial charge in [-0.2, -0.15) is 0 Å². The predicted molar refractivity (Wildman–Crippen MR) is 77.2 cm³/mol. The molecule has 102 valence electrons. The first-order valence-corrected chi connectivity index (χ1v) is 7.67. The molecule has 0 saturated heterocycles. The molecule has 1 aromatic heterocycles. The fourth-order valence-electron chi connectivity index (χ4n) is 2.39. The van der Waals surface area contributed by atoms with E-state index in [1.807, 2.05) is 11.4 Å². The largest absolute Gasteiger partial charge is 0.384 e. The van der Waals surface area contributed by atoms with E-state index in [0.29, 0.717) is 16.5 Å². The smallest absolute Gasteiger partial charge is 0.262 e. The van der Waals surface area contributed by atoms with Gasteiger partial charge in [0.05, 0.1) is 0 Å². The molecule has 1 aliphatic carbocycles. The number of nitrogens with one attached hydrogen (secondary N) is 1. The molecular formula is C15H19NO2S. The highest BCUT2D eigenvalue weighted by Crippen LogP contribution is 2.20. The van der Waals surface area contributed by atoms with Gasteiger partial charge >= 0.3 is 0 Å². The quantitative estimate of drug-likeness (QED) is 0.645. The molecule has 0 spiro atoms. The lowest BCUT2D eigenvalue weighted by atomic mass is 10.1. The molecule has 1 aliphatic rings. The second-order valence-electron chi connectivity index (χ2n) is 4.79. The molecule has 19 heavy (non-hydrogen) atoms. The number of hydrogen-bond donors (Lipinski definition) is 2. The highest BCUT2D eigenvalue weighted by Gasteiger charge is 2.18. The third kappa shape index (κ3) is 4.09. The van der Waals surface area contributed by atoms with Crippen LogP contribution in [-0.4, -0.2) is 23.7 Å². The Morgan fingerprint density at radius 1 is 1.37 bits per heavy atom. The molecule has 0 aromatic carbocycles. The van der Waals surface area contributed by atoms with Gasteiger partial charge in [0.15, 0.2) is 0 Å². The lowest BCUT2D eigenvalue weighted by molar-refractivity contribution is 0.0937. The summed E-state index contributed by atoms with van der Waals surface area (Å²) in [6.45, 7) is -0.181. The molecule has 0 radical (unpaired) electrons. The fourth-order valence-corrected chi connectivity index (χ4v) is 3.15. The summed E-state index contributed by atoms with van der Waals surface area (Å²) in [6, 6.07) is 2.13. The number of thiophene rings is 1. The van der Waals surface area contributed by atoms with Crippen LogP contribution in [0.15, 0.2) is 11.4 Å². The van der Waals surface area contributed by atoms with Gasteiger partial charge in [-0.25, -0.2) is 0 Å². The van der Waals surface area contributed by atoms with Gasteiger partial charge < -0.3 is 10.4 Å². The maximum atomic E-state index is 12.2. The van der Waals surface area contributed by atoms with Gasteiger partial charge in [0.25, 0.3) is 5.91 Å². The van der Waals surface area contributed by atoms with E-state index in [1.165, 1.54) is 37.0 Å². The van der Waals surface area contributed by atoms with Crippen LogP contribution in [0.3, 0.4) is 0 Å². The van der Waals surface area contributed by atoms with Gasteiger partial charge in [-0.3, -0.25) is 4.79 Å². The molecule has 0 bridgehead atoms. The summed E-state index contributed by atoms with van der Waals surface area (Å²) in [5.74, 6) is 5.39. The summed E-state index contributed by atoms with van der Waals surface area (Å²) in [7, 11) is 0. The van der Waals surface area contributed by atoms with E-state index >= 15 is 0 Å². The number of carbonyl (C=O) groups is 1. The fraction of sp³-hybridized carbons (Fsp3) is 0.533. The van der Waals surface area contributed by atoms with Crippen molar-refractivity contribution in [3.8, 4) is 11.8 Å². The summed E-state index contributed by atoms with van der Waals surface area (Å²) in [5, 5.41) is 13.7. The molecule has 0 atom stereocenters. The van der Waals surface area contributed by atoms with Gasteiger partial charge in [-0.05, 0) is 24.3 Å². The Morgan fingerprint density at radius 2 is 2.11 bits per heavy atom. The van der Waals surface area contributed by atoms with Gasteiger partial charge in [0, 0.05) is 11.6 Å². The molecule has 1 saturated carbocycles. The zero-order valence-corrected chi connectivity index (χ0v) is 11.8. The molecule has 0 aliphatic heterocycles. The number of rotatable bonds is 2. The van der Waals surface area contributed by atoms with E-state index < -0.39 is 0 Å². The van der Waals surface area contributed by atoms with Crippen LogP contribution in [0.5, 0.6) is 0 Å². The van der Waals surface area contributed by atoms with E-state index in [9.17, 15) is 4.79 Å². The minimum Gasteiger partial charge on any atom is -0.384 e. The summed E-state index contributed by atoms with van der Waals surface area (Å²) < 4.78 is 0. The molecule has 3 nitrogen and oxygen atoms in total. The Hall–Kier alpha value is -1.31. The third-order valence-corrected chi connectivity index (χ3v) is 4.28. The van der Waals surface area contributed by atoms with Crippen molar-refractivity contribution in [1.29, 1.82) is 0 Å². The van der Waals surface area contributed by atoms with Crippen LogP contribution in [0.2, 0.25) is 0 Å². The molecule has 2 rings (SSSR count). The maximum Gasteiger partial charge on any atom is 0.262 e. The number of hydrogen-bond acceptors (Lipinski definition) is 3. The highest BCUT2D eigenvalue weighted by molar-refractivity contribution is 7.12. The van der Waals surface area contributed by atoms with E-state index in [0.717, 1.165) is 12.8 Å². The SMILES string of the molecule is O=C(NC1CCCCCC1)c1sccc1C#CCO. The number of aliphatic hydroxyl groups excluding tert-OH is 1. The first-order valence-electron chi connectivity index (χ1n) is 6.79. The van der Waals surface area contributed by atoms with Crippen LogP contribution in [0, 0.1) is 11.8 Å². The van der Waals surface area contributed by atoms with Crippen molar-refractivity contribution in [2.45, 2.75) is 44.6 Å². The number of carbonyl (C=O) groups excluding carboxylic acids is 1. The van der Waals surface area contributed by atoms with Crippen molar-refractivity contribution in [3.63, 3.8) is 0 Å². The Bertz CT molecular complexity index is 476. The zero-order valence-electron chi connectivity index (χ0n) is 10.9. The molecule has 1 fully saturated rings. The summed E-state index contributed by atoms with van der Waals surface area (Å²) in [4.78, 5) is 12.9. The van der Waals surface area contributed by atoms with Crippen molar-refractivity contribution in [2.75, 3.05) is 6.61 Å². The molecule has 2 N–H and O–H groups in total. The van der Waals surface area contributed by atoms with Crippen molar-refractivity contribution < 1.29 is 9.90 Å². The Kier molecular flexibility index (Phi) is 5.44. The number of amides is 1. The molecule has 0 unspecified atom stereocenters. The van der Waals surface area contributed by atoms with E-state index in [-0.39, 0.29) is 12.5 Å². The van der Waals surface area contributed by atoms with Crippen LogP contribution < -0.4 is 5.32 Å². The average Bonchev–Trinajstić information content (AvgIpc) is 2.74. The van der Waals surface area contributed by atoms with Gasteiger partial charge in [-0.1, -0.05) is 37.5 Å². The van der Waals surface area contributed by atoms with Crippen LogP contribution in [-0.2, 0) is 0 Å². The van der Waals surface area contributed by atoms with Crippen LogP contribution in [0.25, 0.3) is 0 Å². The summed E-state index contributed by atoms with van der Waals surface area (Å²) >= 11 is 1.41. The molecule has 1 aromatic rings. The average molecular weight is 277 g/mol. The van der Waals surface area contributed by atoms with E-state index in [2.05, 4.69) is 17.2 Å². The van der Waals surface area contributed by atoms with Crippen LogP contribution in [0.1, 0.15) is 53.8 Å². The Balaban J connectivity index is 2.01. The third-order valence-electron chi connectivity index (χ3n) is 3.36. The molecular weight excluding hydrogens is 258 g/mol. The van der Waals surface area contributed by atoms with Crippen molar-refractivity contribution in [3.05, 3.63) is 21.9 Å². The molecule has 1 amide bonds. The Morgan fingerprint density at radius 3 is 2.79 bits per heavy atom. The topological polar surface area (TPSA) is 49.3 Å². The predicted octanol–water partition coefficient (Wildman–Crippen LogP) is 2.54. The van der Waals surface area contributed by atoms with Crippen LogP contribution >= 0.6 is 11.3 Å². The first kappa shape index (κ1) is 14.1. The minimum atomic E-state index is -0.181. The van der Waals surface area contributed by atoms with E-state index in [4.69, 9.17) is 5.11 Å². The normalized spacial score (nSPS) is 16.3. The second-order valence-corrected chi connectivity index (χ2v) is 5.70. The van der Waals surface area contributed by atoms with Crippen LogP contribution in [0.4, 0.5) is 0 Å². The second kappa shape index (κ2) is 7.32. The highest BCUT2D eigenvalue weighted by atomic mass is 32.1. The van der Waals surface area contributed by atoms with Crippen molar-refractivity contribution >= 4 is 17.2 Å². The first-order chi connectivity index (χ1) is 9.31. The number of aliphatic hydroxyl groups is 1. The lowest BCUT2D eigenvalue weighted by Crippen LogP contribution is -2.34. The van der Waals surface area contributed by atoms with Crippen molar-refractivity contribution in [1.82, 2.24) is 5.32 Å². The standard InChI is InChI=1S/C15H19NO2S/c17-10-5-6-12-9-11-19-14(12)15(18)16-13-7-3-1-2-4-8-13/h9,11,13,17H,1-4,7-8,10H2,(H,16,18). The van der Waals surface area contributed by atoms with E-state index in [1.54, 1.807) is 0 Å². The summed E-state index contributed by atoms with van der Waals surface area (Å²) in [6.07, 6.45) is 7.11. The monoisotopic (exact) mass is 277 g/mol. The zero-order chi connectivity index (χ0) is 13.5. The van der Waals surface area contributed by atoms with Gasteiger partial charge in [0.1, 0.15) is 11.5 Å². The minimum absolute atomic E-state index is 0.0239. The Labute approximate surface area is 118 Å². The van der Waals surface area contributed by atoms with Gasteiger partial charge in [-0.15, -0.1) is 11.3 Å². The summed E-state index contributed by atoms with van der Waals surface area (Å²) in [5.41, 5.74) is 0.713. The lowest BCUT2D eigenvalue weighted by Gasteiger charge is -2.15. The van der Waals surface area contributed by atoms with Gasteiger partial charge in [0.2, 0.25) is 0 Å². The molecule has 1 heterocycles. The molecule has 4 heteroatoms. The van der Waals surface area contributed by atoms with Crippen molar-refractivity contribution in [2.24, 2.45) is 0 Å². The maximum absolute atomic E-state index is 12.2.